The van der Waals surface area contributed by atoms with Gasteiger partial charge in [-0.15, -0.1) is 0 Å². The molecule has 0 unspecified atom stereocenters. The SMILES string of the molecule is CCOc1cccc2c1c(C(=O)C(F)(F)F)cn2CCOC. The Balaban J connectivity index is 2.65. The van der Waals surface area contributed by atoms with Crippen molar-refractivity contribution in [2.24, 2.45) is 0 Å². The molecule has 0 amide bonds. The number of alkyl halides is 3. The van der Waals surface area contributed by atoms with Crippen LogP contribution in [0.1, 0.15) is 17.3 Å². The van der Waals surface area contributed by atoms with Gasteiger partial charge in [0, 0.05) is 19.9 Å². The molecule has 22 heavy (non-hydrogen) atoms. The molecule has 1 aromatic carbocycles. The standard InChI is InChI=1S/C15H16F3NO3/c1-3-22-12-6-4-5-11-13(12)10(14(20)15(16,17)18)9-19(11)7-8-21-2/h4-6,9H,3,7-8H2,1-2H3. The molecule has 0 atom stereocenters. The van der Waals surface area contributed by atoms with Gasteiger partial charge in [-0.1, -0.05) is 6.07 Å². The predicted molar refractivity (Wildman–Crippen MR) is 75.4 cm³/mol. The van der Waals surface area contributed by atoms with Gasteiger partial charge in [-0.05, 0) is 19.1 Å². The van der Waals surface area contributed by atoms with Crippen molar-refractivity contribution in [2.45, 2.75) is 19.6 Å². The van der Waals surface area contributed by atoms with E-state index in [0.717, 1.165) is 0 Å². The average molecular weight is 315 g/mol. The molecule has 0 spiro atoms. The van der Waals surface area contributed by atoms with Gasteiger partial charge in [-0.2, -0.15) is 13.2 Å². The molecule has 7 heteroatoms. The molecular weight excluding hydrogens is 299 g/mol. The van der Waals surface area contributed by atoms with Crippen LogP contribution >= 0.6 is 0 Å². The van der Waals surface area contributed by atoms with E-state index in [1.807, 2.05) is 0 Å². The molecule has 0 aliphatic heterocycles. The number of carbonyl (C=O) groups is 1. The van der Waals surface area contributed by atoms with Gasteiger partial charge in [-0.3, -0.25) is 4.79 Å². The van der Waals surface area contributed by atoms with E-state index >= 15 is 0 Å². The first kappa shape index (κ1) is 16.4. The number of hydrogen-bond acceptors (Lipinski definition) is 3. The summed E-state index contributed by atoms with van der Waals surface area (Å²) in [6.07, 6.45) is -3.72. The average Bonchev–Trinajstić information content (AvgIpc) is 2.83. The van der Waals surface area contributed by atoms with E-state index in [2.05, 4.69) is 0 Å². The monoisotopic (exact) mass is 315 g/mol. The van der Waals surface area contributed by atoms with Crippen molar-refractivity contribution < 1.29 is 27.4 Å². The molecule has 0 saturated carbocycles. The highest BCUT2D eigenvalue weighted by Gasteiger charge is 2.41. The quantitative estimate of drug-likeness (QED) is 0.767. The van der Waals surface area contributed by atoms with Gasteiger partial charge in [0.2, 0.25) is 0 Å². The third-order valence-corrected chi connectivity index (χ3v) is 3.21. The molecule has 0 bridgehead atoms. The van der Waals surface area contributed by atoms with Gasteiger partial charge < -0.3 is 14.0 Å². The number of nitrogens with zero attached hydrogens (tertiary/aromatic N) is 1. The van der Waals surface area contributed by atoms with Crippen molar-refractivity contribution in [2.75, 3.05) is 20.3 Å². The van der Waals surface area contributed by atoms with Crippen molar-refractivity contribution in [1.29, 1.82) is 0 Å². The van der Waals surface area contributed by atoms with E-state index in [4.69, 9.17) is 9.47 Å². The summed E-state index contributed by atoms with van der Waals surface area (Å²) >= 11 is 0. The number of ether oxygens (including phenoxy) is 2. The lowest BCUT2D eigenvalue weighted by Gasteiger charge is -2.08. The van der Waals surface area contributed by atoms with Crippen LogP contribution < -0.4 is 4.74 Å². The van der Waals surface area contributed by atoms with E-state index in [-0.39, 0.29) is 11.1 Å². The fourth-order valence-electron chi connectivity index (χ4n) is 2.29. The molecular formula is C15H16F3NO3. The van der Waals surface area contributed by atoms with E-state index in [1.165, 1.54) is 13.3 Å². The third-order valence-electron chi connectivity index (χ3n) is 3.21. The van der Waals surface area contributed by atoms with Crippen LogP contribution in [0.25, 0.3) is 10.9 Å². The fourth-order valence-corrected chi connectivity index (χ4v) is 2.29. The minimum atomic E-state index is -4.93. The maximum Gasteiger partial charge on any atom is 0.454 e. The van der Waals surface area contributed by atoms with Crippen molar-refractivity contribution in [3.8, 4) is 5.75 Å². The second-order valence-corrected chi connectivity index (χ2v) is 4.64. The number of ketones is 1. The Morgan fingerprint density at radius 3 is 2.64 bits per heavy atom. The molecule has 120 valence electrons. The van der Waals surface area contributed by atoms with Crippen LogP contribution in [0.2, 0.25) is 0 Å². The second-order valence-electron chi connectivity index (χ2n) is 4.64. The van der Waals surface area contributed by atoms with Gasteiger partial charge in [0.25, 0.3) is 5.78 Å². The van der Waals surface area contributed by atoms with Crippen molar-refractivity contribution in [3.63, 3.8) is 0 Å². The first-order chi connectivity index (χ1) is 10.4. The summed E-state index contributed by atoms with van der Waals surface area (Å²) < 4.78 is 50.3. The highest BCUT2D eigenvalue weighted by Crippen LogP contribution is 2.34. The Bertz CT molecular complexity index is 676. The Morgan fingerprint density at radius 2 is 2.05 bits per heavy atom. The van der Waals surface area contributed by atoms with Crippen LogP contribution in [0.3, 0.4) is 0 Å². The number of hydrogen-bond donors (Lipinski definition) is 0. The molecule has 0 aliphatic carbocycles. The molecule has 0 N–H and O–H groups in total. The lowest BCUT2D eigenvalue weighted by Crippen LogP contribution is -2.22. The lowest BCUT2D eigenvalue weighted by atomic mass is 10.1. The fraction of sp³-hybridized carbons (Fsp3) is 0.400. The third kappa shape index (κ3) is 3.09. The first-order valence-electron chi connectivity index (χ1n) is 6.75. The summed E-state index contributed by atoms with van der Waals surface area (Å²) in [6.45, 7) is 2.68. The van der Waals surface area contributed by atoms with Gasteiger partial charge in [-0.25, -0.2) is 0 Å². The largest absolute Gasteiger partial charge is 0.493 e. The maximum atomic E-state index is 12.8. The minimum Gasteiger partial charge on any atom is -0.493 e. The van der Waals surface area contributed by atoms with Crippen LogP contribution in [-0.4, -0.2) is 36.9 Å². The summed E-state index contributed by atoms with van der Waals surface area (Å²) in [6, 6.07) is 4.89. The van der Waals surface area contributed by atoms with E-state index in [0.29, 0.717) is 25.3 Å². The molecule has 2 aromatic rings. The number of rotatable bonds is 6. The normalized spacial score (nSPS) is 11.9. The van der Waals surface area contributed by atoms with Gasteiger partial charge >= 0.3 is 6.18 Å². The molecule has 4 nitrogen and oxygen atoms in total. The molecule has 0 radical (unpaired) electrons. The summed E-state index contributed by atoms with van der Waals surface area (Å²) in [5.74, 6) is -1.61. The van der Waals surface area contributed by atoms with E-state index in [9.17, 15) is 18.0 Å². The number of benzene rings is 1. The van der Waals surface area contributed by atoms with Crippen LogP contribution in [-0.2, 0) is 11.3 Å². The van der Waals surface area contributed by atoms with Gasteiger partial charge in [0.15, 0.2) is 0 Å². The van der Waals surface area contributed by atoms with E-state index in [1.54, 1.807) is 29.7 Å². The van der Waals surface area contributed by atoms with Crippen molar-refractivity contribution >= 4 is 16.7 Å². The summed E-state index contributed by atoms with van der Waals surface area (Å²) in [4.78, 5) is 11.7. The molecule has 1 heterocycles. The molecule has 2 rings (SSSR count). The van der Waals surface area contributed by atoms with Crippen molar-refractivity contribution in [1.82, 2.24) is 4.57 Å². The zero-order chi connectivity index (χ0) is 16.3. The Kier molecular flexibility index (Phi) is 4.75. The Morgan fingerprint density at radius 1 is 1.32 bits per heavy atom. The smallest absolute Gasteiger partial charge is 0.454 e. The molecule has 0 aliphatic rings. The van der Waals surface area contributed by atoms with Crippen molar-refractivity contribution in [3.05, 3.63) is 30.0 Å². The second kappa shape index (κ2) is 6.39. The topological polar surface area (TPSA) is 40.5 Å². The summed E-state index contributed by atoms with van der Waals surface area (Å²) in [7, 11) is 1.50. The Labute approximate surface area is 125 Å². The van der Waals surface area contributed by atoms with Crippen LogP contribution in [0.5, 0.6) is 5.75 Å². The van der Waals surface area contributed by atoms with Gasteiger partial charge in [0.1, 0.15) is 5.75 Å². The highest BCUT2D eigenvalue weighted by molar-refractivity contribution is 6.12. The zero-order valence-electron chi connectivity index (χ0n) is 12.2. The number of halogens is 3. The summed E-state index contributed by atoms with van der Waals surface area (Å²) in [5.41, 5.74) is 0.109. The summed E-state index contributed by atoms with van der Waals surface area (Å²) in [5, 5.41) is 0.183. The molecule has 0 fully saturated rings. The first-order valence-corrected chi connectivity index (χ1v) is 6.75. The Hall–Kier alpha value is -2.02. The number of aromatic nitrogens is 1. The highest BCUT2D eigenvalue weighted by atomic mass is 19.4. The van der Waals surface area contributed by atoms with Crippen LogP contribution in [0.15, 0.2) is 24.4 Å². The van der Waals surface area contributed by atoms with Crippen LogP contribution in [0, 0.1) is 0 Å². The van der Waals surface area contributed by atoms with Gasteiger partial charge in [0.05, 0.1) is 29.7 Å². The predicted octanol–water partition coefficient (Wildman–Crippen LogP) is 3.43. The molecule has 0 saturated heterocycles. The maximum absolute atomic E-state index is 12.8. The van der Waals surface area contributed by atoms with E-state index < -0.39 is 17.5 Å². The minimum absolute atomic E-state index is 0.183. The molecule has 1 aromatic heterocycles. The number of methoxy groups -OCH3 is 1. The number of carbonyl (C=O) groups excluding carboxylic acids is 1. The lowest BCUT2D eigenvalue weighted by molar-refractivity contribution is -0.0884. The zero-order valence-corrected chi connectivity index (χ0v) is 12.2. The van der Waals surface area contributed by atoms with Crippen LogP contribution in [0.4, 0.5) is 13.2 Å². The number of Topliss-reactive ketones (excluding diaryl/α,β-unsaturated/α-hetero) is 1. The number of fused-ring (bicyclic) bond motifs is 1.